The minimum Gasteiger partial charge on any atom is -0.466 e. The Labute approximate surface area is 283 Å². The van der Waals surface area contributed by atoms with Crippen molar-refractivity contribution in [3.8, 4) is 0 Å². The van der Waals surface area contributed by atoms with Gasteiger partial charge in [-0.05, 0) is 65.2 Å². The van der Waals surface area contributed by atoms with Crippen molar-refractivity contribution in [1.82, 2.24) is 0 Å². The summed E-state index contributed by atoms with van der Waals surface area (Å²) in [6.07, 6.45) is 21.8. The van der Waals surface area contributed by atoms with Crippen LogP contribution in [0.4, 0.5) is 0 Å². The summed E-state index contributed by atoms with van der Waals surface area (Å²) < 4.78 is 11.9. The molecule has 0 bridgehead atoms. The molecule has 0 aromatic heterocycles. The van der Waals surface area contributed by atoms with E-state index in [0.717, 1.165) is 0 Å². The first-order valence-electron chi connectivity index (χ1n) is 19.7. The zero-order valence-electron chi connectivity index (χ0n) is 32.6. The van der Waals surface area contributed by atoms with E-state index in [2.05, 4.69) is 64.9 Å². The van der Waals surface area contributed by atoms with Gasteiger partial charge in [-0.2, -0.15) is 0 Å². The van der Waals surface area contributed by atoms with E-state index in [4.69, 9.17) is 0 Å². The molecule has 0 radical (unpaired) electrons. The first-order chi connectivity index (χ1) is 21.7. The van der Waals surface area contributed by atoms with Crippen LogP contribution in [-0.2, 0) is 19.1 Å². The molecule has 0 fully saturated rings. The number of hydrogen-bond donors (Lipinski definition) is 0. The van der Waals surface area contributed by atoms with Crippen molar-refractivity contribution >= 4 is 11.9 Å². The lowest BCUT2D eigenvalue weighted by atomic mass is 10.1. The predicted molar refractivity (Wildman–Crippen MR) is 197 cm³/mol. The zero-order chi connectivity index (χ0) is 34.7. The second-order valence-corrected chi connectivity index (χ2v) is 13.1. The Balaban J connectivity index is -0.000000604. The third-order valence-corrected chi connectivity index (χ3v) is 8.79. The molecule has 0 saturated carbocycles. The average Bonchev–Trinajstić information content (AvgIpc) is 3.04. The molecule has 0 aliphatic carbocycles. The van der Waals surface area contributed by atoms with Crippen molar-refractivity contribution in [2.24, 2.45) is 0 Å². The van der Waals surface area contributed by atoms with Gasteiger partial charge in [-0.3, -0.25) is 9.59 Å². The van der Waals surface area contributed by atoms with Gasteiger partial charge in [0.15, 0.2) is 0 Å². The van der Waals surface area contributed by atoms with E-state index in [1.165, 1.54) is 164 Å². The van der Waals surface area contributed by atoms with Crippen molar-refractivity contribution in [2.45, 2.75) is 178 Å². The maximum atomic E-state index is 10.6. The van der Waals surface area contributed by atoms with Gasteiger partial charge in [0.25, 0.3) is 0 Å². The molecule has 0 amide bonds. The molecule has 0 atom stereocenters. The van der Waals surface area contributed by atoms with Crippen molar-refractivity contribution in [1.29, 1.82) is 0 Å². The van der Waals surface area contributed by atoms with Crippen LogP contribution < -0.4 is 0 Å². The quantitative estimate of drug-likeness (QED) is 0.0483. The summed E-state index contributed by atoms with van der Waals surface area (Å²) in [7, 11) is 0. The average molecular weight is 645 g/mol. The van der Waals surface area contributed by atoms with Crippen LogP contribution in [0.15, 0.2) is 0 Å². The van der Waals surface area contributed by atoms with Crippen LogP contribution in [0.1, 0.15) is 178 Å². The SMILES string of the molecule is CCCC[N+](CCCC)(CCCC)CCCC.CCCC[N+](CCCC)(CCCC)CCCC.CCOC(=O)CC(=O)OCC. The van der Waals surface area contributed by atoms with Crippen LogP contribution in [0.5, 0.6) is 0 Å². The van der Waals surface area contributed by atoms with Crippen LogP contribution in [0.25, 0.3) is 0 Å². The lowest BCUT2D eigenvalue weighted by molar-refractivity contribution is -0.929. The smallest absolute Gasteiger partial charge is 0.317 e. The van der Waals surface area contributed by atoms with Gasteiger partial charge in [0.1, 0.15) is 6.42 Å². The number of rotatable bonds is 28. The third kappa shape index (κ3) is 30.0. The first-order valence-corrected chi connectivity index (χ1v) is 19.7. The summed E-state index contributed by atoms with van der Waals surface area (Å²) in [4.78, 5) is 21.2. The van der Waals surface area contributed by atoms with Gasteiger partial charge in [0.2, 0.25) is 0 Å². The van der Waals surface area contributed by atoms with Gasteiger partial charge >= 0.3 is 11.9 Å². The summed E-state index contributed by atoms with van der Waals surface area (Å²) in [6, 6.07) is 0. The Kier molecular flexibility index (Phi) is 38.3. The highest BCUT2D eigenvalue weighted by Crippen LogP contribution is 2.17. The second-order valence-electron chi connectivity index (χ2n) is 13.1. The lowest BCUT2D eigenvalue weighted by Gasteiger charge is -2.39. The molecule has 6 heteroatoms. The fraction of sp³-hybridized carbons (Fsp3) is 0.949. The van der Waals surface area contributed by atoms with Gasteiger partial charge in [-0.1, -0.05) is 107 Å². The normalized spacial score (nSPS) is 11.2. The fourth-order valence-corrected chi connectivity index (χ4v) is 5.83. The van der Waals surface area contributed by atoms with E-state index < -0.39 is 11.9 Å². The monoisotopic (exact) mass is 645 g/mol. The molecule has 0 spiro atoms. The van der Waals surface area contributed by atoms with Crippen molar-refractivity contribution in [2.75, 3.05) is 65.6 Å². The van der Waals surface area contributed by atoms with Crippen LogP contribution in [0.3, 0.4) is 0 Å². The molecule has 0 aliphatic heterocycles. The van der Waals surface area contributed by atoms with Crippen molar-refractivity contribution < 1.29 is 28.0 Å². The second kappa shape index (κ2) is 35.7. The topological polar surface area (TPSA) is 52.6 Å². The van der Waals surface area contributed by atoms with Gasteiger partial charge in [-0.15, -0.1) is 0 Å². The van der Waals surface area contributed by atoms with Gasteiger partial charge in [-0.25, -0.2) is 0 Å². The molecular formula is C39H84N2O4+2. The Morgan fingerprint density at radius 1 is 0.356 bits per heavy atom. The fourth-order valence-electron chi connectivity index (χ4n) is 5.83. The molecule has 0 saturated heterocycles. The maximum absolute atomic E-state index is 10.6. The lowest BCUT2D eigenvalue weighted by Crippen LogP contribution is -2.50. The number of unbranched alkanes of at least 4 members (excludes halogenated alkanes) is 8. The number of carbonyl (C=O) groups is 2. The molecule has 0 aliphatic rings. The number of carbonyl (C=O) groups excluding carboxylic acids is 2. The molecule has 0 N–H and O–H groups in total. The minimum absolute atomic E-state index is 0.290. The summed E-state index contributed by atoms with van der Waals surface area (Å²) in [5.41, 5.74) is 0. The molecule has 0 heterocycles. The van der Waals surface area contributed by atoms with E-state index in [1.807, 2.05) is 0 Å². The van der Waals surface area contributed by atoms with E-state index in [1.54, 1.807) is 13.8 Å². The molecular weight excluding hydrogens is 560 g/mol. The molecule has 0 aromatic carbocycles. The van der Waals surface area contributed by atoms with Gasteiger partial charge in [0.05, 0.1) is 65.6 Å². The Morgan fingerprint density at radius 3 is 0.667 bits per heavy atom. The minimum atomic E-state index is -0.536. The summed E-state index contributed by atoms with van der Waals surface area (Å²) >= 11 is 0. The highest BCUT2D eigenvalue weighted by Gasteiger charge is 2.25. The molecule has 0 aromatic rings. The van der Waals surface area contributed by atoms with Gasteiger partial charge < -0.3 is 18.4 Å². The molecule has 0 rings (SSSR count). The van der Waals surface area contributed by atoms with E-state index in [9.17, 15) is 9.59 Å². The number of hydrogen-bond acceptors (Lipinski definition) is 4. The van der Waals surface area contributed by atoms with Crippen LogP contribution >= 0.6 is 0 Å². The van der Waals surface area contributed by atoms with E-state index in [-0.39, 0.29) is 19.6 Å². The number of esters is 2. The number of quaternary nitrogens is 2. The molecule has 0 unspecified atom stereocenters. The summed E-state index contributed by atoms with van der Waals surface area (Å²) in [6.45, 7) is 34.0. The summed E-state index contributed by atoms with van der Waals surface area (Å²) in [5.74, 6) is -1.07. The van der Waals surface area contributed by atoms with Crippen LogP contribution in [0.2, 0.25) is 0 Å². The van der Waals surface area contributed by atoms with Crippen LogP contribution in [-0.4, -0.2) is 86.5 Å². The van der Waals surface area contributed by atoms with Gasteiger partial charge in [0, 0.05) is 0 Å². The highest BCUT2D eigenvalue weighted by molar-refractivity contribution is 5.91. The first kappa shape index (κ1) is 48.3. The van der Waals surface area contributed by atoms with Crippen molar-refractivity contribution in [3.63, 3.8) is 0 Å². The molecule has 6 nitrogen and oxygen atoms in total. The Hall–Kier alpha value is -1.14. The Bertz CT molecular complexity index is 499. The van der Waals surface area contributed by atoms with Crippen LogP contribution in [0, 0.1) is 0 Å². The van der Waals surface area contributed by atoms with E-state index in [0.29, 0.717) is 0 Å². The largest absolute Gasteiger partial charge is 0.466 e. The summed E-state index contributed by atoms with van der Waals surface area (Å²) in [5, 5.41) is 0. The van der Waals surface area contributed by atoms with Crippen molar-refractivity contribution in [3.05, 3.63) is 0 Å². The maximum Gasteiger partial charge on any atom is 0.317 e. The number of nitrogens with zero attached hydrogens (tertiary/aromatic N) is 2. The van der Waals surface area contributed by atoms with E-state index >= 15 is 0 Å². The third-order valence-electron chi connectivity index (χ3n) is 8.79. The number of ether oxygens (including phenoxy) is 2. The highest BCUT2D eigenvalue weighted by atomic mass is 16.5. The molecule has 45 heavy (non-hydrogen) atoms. The zero-order valence-corrected chi connectivity index (χ0v) is 32.6. The molecule has 272 valence electrons. The Morgan fingerprint density at radius 2 is 0.533 bits per heavy atom. The standard InChI is InChI=1S/2C16H36N.C7H12O4/c2*1-5-9-13-17(14-10-6-2,15-11-7-3)16-12-8-4;1-3-10-6(8)5-7(9)11-4-2/h2*5-16H2,1-4H3;3-5H2,1-2H3/q2*+1;. The predicted octanol–water partition coefficient (Wildman–Crippen LogP) is 10.5.